The van der Waals surface area contributed by atoms with Gasteiger partial charge in [-0.25, -0.2) is 4.39 Å². The number of allylic oxidation sites excluding steroid dienone is 4. The molecule has 6 heteroatoms. The number of aliphatic hydroxyl groups is 1. The van der Waals surface area contributed by atoms with Gasteiger partial charge in [0.2, 0.25) is 0 Å². The normalized spacial score (nSPS) is 42.9. The minimum absolute atomic E-state index is 0.0681. The number of carbonyl (C=O) groups is 3. The maximum absolute atomic E-state index is 15.4. The van der Waals surface area contributed by atoms with E-state index < -0.39 is 23.1 Å². The third-order valence-electron chi connectivity index (χ3n) is 9.52. The van der Waals surface area contributed by atoms with Crippen LogP contribution in [-0.2, 0) is 19.1 Å². The van der Waals surface area contributed by atoms with Crippen LogP contribution in [0.5, 0.6) is 0 Å². The zero-order chi connectivity index (χ0) is 24.8. The number of Topliss-reactive ketones (excluding diaryl/α,β-unsaturated/α-hetero) is 1. The van der Waals surface area contributed by atoms with E-state index in [2.05, 4.69) is 20.8 Å². The van der Waals surface area contributed by atoms with Crippen molar-refractivity contribution < 1.29 is 28.6 Å². The lowest BCUT2D eigenvalue weighted by Gasteiger charge is -2.59. The van der Waals surface area contributed by atoms with E-state index in [4.69, 9.17) is 4.74 Å². The summed E-state index contributed by atoms with van der Waals surface area (Å²) in [5, 5.41) is 11.4. The van der Waals surface area contributed by atoms with Crippen LogP contribution in [0.25, 0.3) is 0 Å². The number of ketones is 2. The molecule has 0 heterocycles. The highest BCUT2D eigenvalue weighted by atomic mass is 19.1. The number of aliphatic hydroxyl groups excluding tert-OH is 1. The Morgan fingerprint density at radius 3 is 2.68 bits per heavy atom. The number of alkyl halides is 1. The smallest absolute Gasteiger partial charge is 0.306 e. The Morgan fingerprint density at radius 1 is 1.24 bits per heavy atom. The molecule has 0 aromatic carbocycles. The highest BCUT2D eigenvalue weighted by Crippen LogP contribution is 2.67. The SMILES string of the molecule is CCCCCC(=O)OCC(=O)[C@H]1[C@H](C)C[C@H]2C3C[C@H](F)C4=CC(=O)C=C[C@]4(C)[C@H]3[C@@H](O)C[C@@]21C. The molecule has 0 saturated heterocycles. The molecule has 0 spiro atoms. The molecule has 0 amide bonds. The van der Waals surface area contributed by atoms with Gasteiger partial charge in [-0.05, 0) is 66.6 Å². The first-order valence-electron chi connectivity index (χ1n) is 13.0. The molecule has 188 valence electrons. The Labute approximate surface area is 202 Å². The number of ether oxygens (including phenoxy) is 1. The van der Waals surface area contributed by atoms with E-state index in [1.807, 2.05) is 6.92 Å². The molecule has 0 radical (unpaired) electrons. The van der Waals surface area contributed by atoms with E-state index in [9.17, 15) is 19.5 Å². The van der Waals surface area contributed by atoms with Gasteiger partial charge < -0.3 is 9.84 Å². The number of hydrogen-bond acceptors (Lipinski definition) is 5. The van der Waals surface area contributed by atoms with Crippen molar-refractivity contribution in [2.45, 2.75) is 84.9 Å². The topological polar surface area (TPSA) is 80.7 Å². The number of fused-ring (bicyclic) bond motifs is 5. The van der Waals surface area contributed by atoms with Crippen LogP contribution in [0.1, 0.15) is 72.6 Å². The average Bonchev–Trinajstić information content (AvgIpc) is 3.03. The van der Waals surface area contributed by atoms with Crippen molar-refractivity contribution in [3.05, 3.63) is 23.8 Å². The fourth-order valence-corrected chi connectivity index (χ4v) is 8.22. The molecule has 9 atom stereocenters. The molecule has 5 nitrogen and oxygen atoms in total. The number of halogens is 1. The summed E-state index contributed by atoms with van der Waals surface area (Å²) >= 11 is 0. The molecule has 1 unspecified atom stereocenters. The van der Waals surface area contributed by atoms with Crippen molar-refractivity contribution in [3.8, 4) is 0 Å². The molecule has 0 bridgehead atoms. The summed E-state index contributed by atoms with van der Waals surface area (Å²) in [5.74, 6) is -1.07. The van der Waals surface area contributed by atoms with E-state index in [0.717, 1.165) is 25.7 Å². The van der Waals surface area contributed by atoms with E-state index in [-0.39, 0.29) is 60.2 Å². The third kappa shape index (κ3) is 4.10. The van der Waals surface area contributed by atoms with Gasteiger partial charge in [0.25, 0.3) is 0 Å². The Kier molecular flexibility index (Phi) is 6.93. The number of rotatable bonds is 7. The summed E-state index contributed by atoms with van der Waals surface area (Å²) in [5.41, 5.74) is -0.689. The van der Waals surface area contributed by atoms with Gasteiger partial charge >= 0.3 is 5.97 Å². The molecule has 4 aliphatic rings. The van der Waals surface area contributed by atoms with Gasteiger partial charge in [0.15, 0.2) is 11.6 Å². The first-order valence-corrected chi connectivity index (χ1v) is 13.0. The molecule has 0 aromatic heterocycles. The summed E-state index contributed by atoms with van der Waals surface area (Å²) in [7, 11) is 0. The highest BCUT2D eigenvalue weighted by molar-refractivity contribution is 6.01. The van der Waals surface area contributed by atoms with Gasteiger partial charge in [-0.2, -0.15) is 0 Å². The molecular weight excluding hydrogens is 435 g/mol. The summed E-state index contributed by atoms with van der Waals surface area (Å²) in [6.45, 7) is 7.89. The number of esters is 1. The zero-order valence-corrected chi connectivity index (χ0v) is 20.9. The Balaban J connectivity index is 1.54. The second kappa shape index (κ2) is 9.33. The third-order valence-corrected chi connectivity index (χ3v) is 9.52. The lowest BCUT2D eigenvalue weighted by molar-refractivity contribution is -0.155. The Bertz CT molecular complexity index is 908. The first-order chi connectivity index (χ1) is 16.0. The maximum Gasteiger partial charge on any atom is 0.306 e. The molecule has 1 N–H and O–H groups in total. The summed E-state index contributed by atoms with van der Waals surface area (Å²) < 4.78 is 20.8. The van der Waals surface area contributed by atoms with Crippen molar-refractivity contribution >= 4 is 17.5 Å². The van der Waals surface area contributed by atoms with Crippen LogP contribution in [0.4, 0.5) is 4.39 Å². The van der Waals surface area contributed by atoms with Crippen molar-refractivity contribution in [2.24, 2.45) is 40.4 Å². The molecule has 4 rings (SSSR count). The predicted octanol–water partition coefficient (Wildman–Crippen LogP) is 4.77. The number of unbranched alkanes of at least 4 members (excludes halogenated alkanes) is 2. The van der Waals surface area contributed by atoms with Gasteiger partial charge in [0.05, 0.1) is 6.10 Å². The van der Waals surface area contributed by atoms with Gasteiger partial charge in [0.1, 0.15) is 12.8 Å². The van der Waals surface area contributed by atoms with Crippen molar-refractivity contribution in [1.29, 1.82) is 0 Å². The quantitative estimate of drug-likeness (QED) is 0.425. The standard InChI is InChI=1S/C28H39FO5/c1-5-6-7-8-24(33)34-15-23(32)25-16(2)11-19-18-13-21(29)20-12-17(30)9-10-27(20,3)26(18)22(31)14-28(19,25)4/h9-10,12,16,18-19,21-22,25-26,31H,5-8,11,13-15H2,1-4H3/t16-,18?,19+,21+,22+,25-,26-,27+,28+/m1/s1. The van der Waals surface area contributed by atoms with Crippen LogP contribution < -0.4 is 0 Å². The number of hydrogen-bond donors (Lipinski definition) is 1. The van der Waals surface area contributed by atoms with Gasteiger partial charge in [-0.3, -0.25) is 14.4 Å². The molecule has 0 aromatic rings. The van der Waals surface area contributed by atoms with Crippen LogP contribution in [0, 0.1) is 40.4 Å². The van der Waals surface area contributed by atoms with Crippen LogP contribution in [-0.4, -0.2) is 41.5 Å². The zero-order valence-electron chi connectivity index (χ0n) is 20.9. The molecule has 4 aliphatic carbocycles. The largest absolute Gasteiger partial charge is 0.458 e. The van der Waals surface area contributed by atoms with Gasteiger partial charge in [-0.1, -0.05) is 46.6 Å². The molecule has 0 aliphatic heterocycles. The summed E-state index contributed by atoms with van der Waals surface area (Å²) in [6, 6.07) is 0. The second-order valence-corrected chi connectivity index (χ2v) is 11.7. The fraction of sp³-hybridized carbons (Fsp3) is 0.750. The minimum Gasteiger partial charge on any atom is -0.458 e. The van der Waals surface area contributed by atoms with Crippen LogP contribution >= 0.6 is 0 Å². The van der Waals surface area contributed by atoms with Crippen LogP contribution in [0.2, 0.25) is 0 Å². The highest BCUT2D eigenvalue weighted by Gasteiger charge is 2.65. The van der Waals surface area contributed by atoms with Crippen LogP contribution in [0.15, 0.2) is 23.8 Å². The average molecular weight is 475 g/mol. The van der Waals surface area contributed by atoms with Crippen molar-refractivity contribution in [2.75, 3.05) is 6.61 Å². The van der Waals surface area contributed by atoms with Gasteiger partial charge in [0, 0.05) is 23.7 Å². The van der Waals surface area contributed by atoms with E-state index >= 15 is 4.39 Å². The lowest BCUT2D eigenvalue weighted by Crippen LogP contribution is -2.58. The molecule has 3 saturated carbocycles. The van der Waals surface area contributed by atoms with Crippen LogP contribution in [0.3, 0.4) is 0 Å². The maximum atomic E-state index is 15.4. The second-order valence-electron chi connectivity index (χ2n) is 11.7. The summed E-state index contributed by atoms with van der Waals surface area (Å²) in [6.07, 6.45) is 7.33. The monoisotopic (exact) mass is 474 g/mol. The Hall–Kier alpha value is -1.82. The molecular formula is C28H39FO5. The molecule has 3 fully saturated rings. The van der Waals surface area contributed by atoms with Crippen molar-refractivity contribution in [3.63, 3.8) is 0 Å². The molecule has 34 heavy (non-hydrogen) atoms. The van der Waals surface area contributed by atoms with E-state index in [0.29, 0.717) is 18.4 Å². The van der Waals surface area contributed by atoms with Crippen molar-refractivity contribution in [1.82, 2.24) is 0 Å². The fourth-order valence-electron chi connectivity index (χ4n) is 8.22. The Morgan fingerprint density at radius 2 is 1.97 bits per heavy atom. The lowest BCUT2D eigenvalue weighted by atomic mass is 9.46. The minimum atomic E-state index is -1.23. The predicted molar refractivity (Wildman–Crippen MR) is 126 cm³/mol. The van der Waals surface area contributed by atoms with E-state index in [1.54, 1.807) is 6.08 Å². The first kappa shape index (κ1) is 25.3. The van der Waals surface area contributed by atoms with E-state index in [1.165, 1.54) is 12.2 Å². The van der Waals surface area contributed by atoms with Gasteiger partial charge in [-0.15, -0.1) is 0 Å². The number of carbonyl (C=O) groups excluding carboxylic acids is 3. The summed E-state index contributed by atoms with van der Waals surface area (Å²) in [4.78, 5) is 37.3.